The number of aromatic carboxylic acids is 1. The number of rotatable bonds is 3. The van der Waals surface area contributed by atoms with Gasteiger partial charge in [-0.2, -0.15) is 18.3 Å². The molecule has 4 nitrogen and oxygen atoms in total. The van der Waals surface area contributed by atoms with Crippen molar-refractivity contribution in [3.05, 3.63) is 41.3 Å². The number of hydrogen-bond acceptors (Lipinski definition) is 2. The summed E-state index contributed by atoms with van der Waals surface area (Å²) in [5, 5.41) is 12.5. The van der Waals surface area contributed by atoms with Crippen molar-refractivity contribution in [3.8, 4) is 11.3 Å². The minimum absolute atomic E-state index is 0.129. The van der Waals surface area contributed by atoms with Crippen LogP contribution in [0.2, 0.25) is 0 Å². The summed E-state index contributed by atoms with van der Waals surface area (Å²) in [7, 11) is 0. The lowest BCUT2D eigenvalue weighted by Crippen LogP contribution is -2.09. The zero-order chi connectivity index (χ0) is 15.8. The molecule has 0 fully saturated rings. The topological polar surface area (TPSA) is 55.1 Å². The number of carbonyl (C=O) groups is 1. The molecule has 0 aliphatic heterocycles. The number of aromatic nitrogens is 2. The maximum atomic E-state index is 13.5. The molecule has 112 valence electrons. The summed E-state index contributed by atoms with van der Waals surface area (Å²) in [6.07, 6.45) is -4.03. The fraction of sp³-hybridized carbons (Fsp3) is 0.231. The van der Waals surface area contributed by atoms with Crippen LogP contribution in [0.3, 0.4) is 0 Å². The average molecular weight is 302 g/mol. The Balaban J connectivity index is 2.71. The van der Waals surface area contributed by atoms with Crippen LogP contribution >= 0.6 is 0 Å². The van der Waals surface area contributed by atoms with Crippen molar-refractivity contribution in [2.24, 2.45) is 0 Å². The Kier molecular flexibility index (Phi) is 3.71. The van der Waals surface area contributed by atoms with Crippen molar-refractivity contribution < 1.29 is 27.5 Å². The Bertz CT molecular complexity index is 692. The molecule has 0 saturated heterocycles. The summed E-state index contributed by atoms with van der Waals surface area (Å²) >= 11 is 0. The minimum Gasteiger partial charge on any atom is -0.478 e. The Labute approximate surface area is 116 Å². The van der Waals surface area contributed by atoms with E-state index in [9.17, 15) is 22.4 Å². The summed E-state index contributed by atoms with van der Waals surface area (Å²) in [6.45, 7) is 1.71. The van der Waals surface area contributed by atoms with E-state index in [1.165, 1.54) is 0 Å². The van der Waals surface area contributed by atoms with Crippen molar-refractivity contribution in [1.29, 1.82) is 0 Å². The molecule has 0 atom stereocenters. The van der Waals surface area contributed by atoms with Gasteiger partial charge in [-0.1, -0.05) is 0 Å². The number of alkyl halides is 3. The molecule has 0 aliphatic rings. The predicted octanol–water partition coefficient (Wildman–Crippen LogP) is 3.43. The standard InChI is InChI=1S/C13H10F4N2O2/c1-2-19-11(10(6-18-19)13(15,16)17)7-3-8(12(20)21)5-9(14)4-7/h3-6H,2H2,1H3,(H,20,21). The van der Waals surface area contributed by atoms with Gasteiger partial charge in [0.25, 0.3) is 0 Å². The van der Waals surface area contributed by atoms with Gasteiger partial charge >= 0.3 is 12.1 Å². The maximum Gasteiger partial charge on any atom is 0.420 e. The van der Waals surface area contributed by atoms with E-state index in [4.69, 9.17) is 5.11 Å². The van der Waals surface area contributed by atoms with Crippen molar-refractivity contribution >= 4 is 5.97 Å². The van der Waals surface area contributed by atoms with Gasteiger partial charge in [0.2, 0.25) is 0 Å². The molecule has 8 heteroatoms. The van der Waals surface area contributed by atoms with Gasteiger partial charge < -0.3 is 5.11 Å². The number of benzene rings is 1. The first kappa shape index (κ1) is 15.0. The first-order valence-corrected chi connectivity index (χ1v) is 5.91. The Morgan fingerprint density at radius 3 is 2.52 bits per heavy atom. The maximum absolute atomic E-state index is 13.5. The highest BCUT2D eigenvalue weighted by Gasteiger charge is 2.36. The zero-order valence-corrected chi connectivity index (χ0v) is 10.8. The Morgan fingerprint density at radius 1 is 1.33 bits per heavy atom. The van der Waals surface area contributed by atoms with Gasteiger partial charge in [-0.15, -0.1) is 0 Å². The second kappa shape index (κ2) is 5.19. The molecular formula is C13H10F4N2O2. The Morgan fingerprint density at radius 2 is 2.00 bits per heavy atom. The third-order valence-electron chi connectivity index (χ3n) is 2.86. The molecule has 0 saturated carbocycles. The van der Waals surface area contributed by atoms with E-state index in [2.05, 4.69) is 5.10 Å². The lowest BCUT2D eigenvalue weighted by Gasteiger charge is -2.11. The molecule has 1 heterocycles. The molecule has 21 heavy (non-hydrogen) atoms. The van der Waals surface area contributed by atoms with Crippen LogP contribution in [-0.2, 0) is 12.7 Å². The number of carboxylic acid groups (broad SMARTS) is 1. The SMILES string of the molecule is CCn1ncc(C(F)(F)F)c1-c1cc(F)cc(C(=O)O)c1. The first-order valence-electron chi connectivity index (χ1n) is 5.91. The molecule has 1 N–H and O–H groups in total. The quantitative estimate of drug-likeness (QED) is 0.884. The van der Waals surface area contributed by atoms with Gasteiger partial charge in [-0.05, 0) is 25.1 Å². The second-order valence-corrected chi connectivity index (χ2v) is 4.25. The number of halogens is 4. The monoisotopic (exact) mass is 302 g/mol. The molecule has 0 spiro atoms. The fourth-order valence-corrected chi connectivity index (χ4v) is 1.99. The van der Waals surface area contributed by atoms with E-state index in [1.807, 2.05) is 0 Å². The van der Waals surface area contributed by atoms with Crippen molar-refractivity contribution in [2.75, 3.05) is 0 Å². The van der Waals surface area contributed by atoms with Crippen LogP contribution in [0.15, 0.2) is 24.4 Å². The zero-order valence-electron chi connectivity index (χ0n) is 10.8. The van der Waals surface area contributed by atoms with Gasteiger partial charge in [0.1, 0.15) is 11.4 Å². The molecule has 0 aliphatic carbocycles. The molecular weight excluding hydrogens is 292 g/mol. The van der Waals surface area contributed by atoms with Crippen LogP contribution in [0.25, 0.3) is 11.3 Å². The molecule has 1 aromatic heterocycles. The van der Waals surface area contributed by atoms with E-state index >= 15 is 0 Å². The van der Waals surface area contributed by atoms with Crippen LogP contribution < -0.4 is 0 Å². The molecule has 2 aromatic rings. The molecule has 0 amide bonds. The molecule has 0 radical (unpaired) electrons. The fourth-order valence-electron chi connectivity index (χ4n) is 1.99. The summed E-state index contributed by atoms with van der Waals surface area (Å²) in [4.78, 5) is 10.9. The van der Waals surface area contributed by atoms with Gasteiger partial charge in [0, 0.05) is 12.1 Å². The van der Waals surface area contributed by atoms with Crippen LogP contribution in [0, 0.1) is 5.82 Å². The number of hydrogen-bond donors (Lipinski definition) is 1. The number of carboxylic acids is 1. The summed E-state index contributed by atoms with van der Waals surface area (Å²) < 4.78 is 53.5. The van der Waals surface area contributed by atoms with E-state index in [0.29, 0.717) is 6.20 Å². The van der Waals surface area contributed by atoms with Gasteiger partial charge in [0.05, 0.1) is 17.5 Å². The van der Waals surface area contributed by atoms with Crippen LogP contribution in [-0.4, -0.2) is 20.9 Å². The van der Waals surface area contributed by atoms with E-state index in [-0.39, 0.29) is 17.8 Å². The lowest BCUT2D eigenvalue weighted by molar-refractivity contribution is -0.137. The summed E-state index contributed by atoms with van der Waals surface area (Å²) in [6, 6.07) is 2.58. The van der Waals surface area contributed by atoms with E-state index < -0.39 is 29.1 Å². The molecule has 0 unspecified atom stereocenters. The molecule has 2 rings (SSSR count). The highest BCUT2D eigenvalue weighted by atomic mass is 19.4. The van der Waals surface area contributed by atoms with Crippen LogP contribution in [0.1, 0.15) is 22.8 Å². The highest BCUT2D eigenvalue weighted by molar-refractivity contribution is 5.89. The molecule has 0 bridgehead atoms. The number of nitrogens with zero attached hydrogens (tertiary/aromatic N) is 2. The van der Waals surface area contributed by atoms with Gasteiger partial charge in [-0.25, -0.2) is 9.18 Å². The van der Waals surface area contributed by atoms with Crippen LogP contribution in [0.4, 0.5) is 17.6 Å². The second-order valence-electron chi connectivity index (χ2n) is 4.25. The van der Waals surface area contributed by atoms with Crippen molar-refractivity contribution in [2.45, 2.75) is 19.6 Å². The Hall–Kier alpha value is -2.38. The number of aryl methyl sites for hydroxylation is 1. The third kappa shape index (κ3) is 2.88. The normalized spacial score (nSPS) is 11.7. The van der Waals surface area contributed by atoms with E-state index in [1.54, 1.807) is 6.92 Å². The lowest BCUT2D eigenvalue weighted by atomic mass is 10.0. The third-order valence-corrected chi connectivity index (χ3v) is 2.86. The molecule has 1 aromatic carbocycles. The van der Waals surface area contributed by atoms with Crippen molar-refractivity contribution in [1.82, 2.24) is 9.78 Å². The predicted molar refractivity (Wildman–Crippen MR) is 65.3 cm³/mol. The highest BCUT2D eigenvalue weighted by Crippen LogP contribution is 2.37. The smallest absolute Gasteiger partial charge is 0.420 e. The summed E-state index contributed by atoms with van der Waals surface area (Å²) in [5.41, 5.74) is -2.00. The average Bonchev–Trinajstić information content (AvgIpc) is 2.81. The van der Waals surface area contributed by atoms with Gasteiger partial charge in [0.15, 0.2) is 0 Å². The van der Waals surface area contributed by atoms with Crippen LogP contribution in [0.5, 0.6) is 0 Å². The first-order chi connectivity index (χ1) is 9.74. The largest absolute Gasteiger partial charge is 0.478 e. The minimum atomic E-state index is -4.67. The summed E-state index contributed by atoms with van der Waals surface area (Å²) in [5.74, 6) is -2.35. The van der Waals surface area contributed by atoms with E-state index in [0.717, 1.165) is 22.9 Å². The van der Waals surface area contributed by atoms with Crippen molar-refractivity contribution in [3.63, 3.8) is 0 Å². The van der Waals surface area contributed by atoms with Gasteiger partial charge in [-0.3, -0.25) is 4.68 Å².